The van der Waals surface area contributed by atoms with E-state index in [4.69, 9.17) is 0 Å². The Morgan fingerprint density at radius 1 is 1.16 bits per heavy atom. The van der Waals surface area contributed by atoms with Gasteiger partial charge in [-0.3, -0.25) is 4.90 Å². The summed E-state index contributed by atoms with van der Waals surface area (Å²) in [5.41, 5.74) is 2.53. The Morgan fingerprint density at radius 2 is 1.95 bits per heavy atom. The van der Waals surface area contributed by atoms with Crippen molar-refractivity contribution in [2.45, 2.75) is 44.1 Å². The lowest BCUT2D eigenvalue weighted by atomic mass is 9.77. The van der Waals surface area contributed by atoms with Gasteiger partial charge in [0, 0.05) is 10.9 Å². The van der Waals surface area contributed by atoms with Gasteiger partial charge in [0.15, 0.2) is 0 Å². The molecule has 1 aliphatic carbocycles. The van der Waals surface area contributed by atoms with Crippen molar-refractivity contribution in [1.29, 1.82) is 5.26 Å². The number of hydrogen-bond donors (Lipinski definition) is 0. The lowest BCUT2D eigenvalue weighted by Gasteiger charge is -2.43. The lowest BCUT2D eigenvalue weighted by molar-refractivity contribution is 0.0975. The molecule has 0 N–H and O–H groups in total. The van der Waals surface area contributed by atoms with Gasteiger partial charge in [-0.25, -0.2) is 0 Å². The number of hydrogen-bond acceptors (Lipinski definition) is 2. The minimum Gasteiger partial charge on any atom is -0.285 e. The molecular formula is C16H19BrN2. The SMILES string of the molecule is N#CC1(N2CCCCC2)CCc2cc(Br)ccc2C1. The number of rotatable bonds is 1. The summed E-state index contributed by atoms with van der Waals surface area (Å²) in [7, 11) is 0. The average Bonchev–Trinajstić information content (AvgIpc) is 2.48. The Balaban J connectivity index is 1.89. The Kier molecular flexibility index (Phi) is 3.64. The van der Waals surface area contributed by atoms with Gasteiger partial charge in [0.05, 0.1) is 6.07 Å². The molecule has 3 heteroatoms. The number of benzene rings is 1. The first kappa shape index (κ1) is 13.1. The Hall–Kier alpha value is -0.850. The van der Waals surface area contributed by atoms with Gasteiger partial charge in [0.25, 0.3) is 0 Å². The van der Waals surface area contributed by atoms with Crippen LogP contribution in [-0.4, -0.2) is 23.5 Å². The van der Waals surface area contributed by atoms with Gasteiger partial charge in [0.1, 0.15) is 5.54 Å². The molecule has 0 aromatic heterocycles. The molecule has 2 aliphatic rings. The molecule has 19 heavy (non-hydrogen) atoms. The van der Waals surface area contributed by atoms with Gasteiger partial charge in [-0.05, 0) is 62.0 Å². The molecule has 1 fully saturated rings. The molecule has 1 aromatic rings. The molecule has 0 amide bonds. The fourth-order valence-corrected chi connectivity index (χ4v) is 3.91. The van der Waals surface area contributed by atoms with Crippen molar-refractivity contribution in [3.8, 4) is 6.07 Å². The van der Waals surface area contributed by atoms with Crippen LogP contribution < -0.4 is 0 Å². The average molecular weight is 319 g/mol. The fraction of sp³-hybridized carbons (Fsp3) is 0.562. The summed E-state index contributed by atoms with van der Waals surface area (Å²) < 4.78 is 1.15. The van der Waals surface area contributed by atoms with E-state index >= 15 is 0 Å². The van der Waals surface area contributed by atoms with Gasteiger partial charge in [0.2, 0.25) is 0 Å². The topological polar surface area (TPSA) is 27.0 Å². The van der Waals surface area contributed by atoms with Gasteiger partial charge >= 0.3 is 0 Å². The van der Waals surface area contributed by atoms with E-state index in [1.165, 1.54) is 30.4 Å². The van der Waals surface area contributed by atoms with Gasteiger partial charge in [-0.1, -0.05) is 28.4 Å². The van der Waals surface area contributed by atoms with E-state index in [-0.39, 0.29) is 5.54 Å². The van der Waals surface area contributed by atoms with Crippen molar-refractivity contribution in [3.05, 3.63) is 33.8 Å². The standard InChI is InChI=1S/C16H19BrN2/c17-15-5-4-14-11-16(12-18,7-6-13(14)10-15)19-8-2-1-3-9-19/h4-5,10H,1-3,6-9,11H2. The predicted molar refractivity (Wildman–Crippen MR) is 79.9 cm³/mol. The first-order valence-electron chi connectivity index (χ1n) is 7.17. The number of likely N-dealkylation sites (tertiary alicyclic amines) is 1. The third-order valence-electron chi connectivity index (χ3n) is 4.63. The summed E-state index contributed by atoms with van der Waals surface area (Å²) in [6.07, 6.45) is 6.71. The summed E-state index contributed by atoms with van der Waals surface area (Å²) in [6, 6.07) is 9.16. The third-order valence-corrected chi connectivity index (χ3v) is 5.12. The zero-order chi connectivity index (χ0) is 13.3. The van der Waals surface area contributed by atoms with Gasteiger partial charge in [-0.15, -0.1) is 0 Å². The molecule has 0 spiro atoms. The van der Waals surface area contributed by atoms with E-state index in [1.807, 2.05) is 0 Å². The first-order valence-corrected chi connectivity index (χ1v) is 7.96. The molecule has 1 heterocycles. The predicted octanol–water partition coefficient (Wildman–Crippen LogP) is 3.69. The Morgan fingerprint density at radius 3 is 2.68 bits per heavy atom. The molecule has 0 saturated carbocycles. The maximum absolute atomic E-state index is 9.77. The summed E-state index contributed by atoms with van der Waals surface area (Å²) in [5, 5.41) is 9.77. The second-order valence-electron chi connectivity index (χ2n) is 5.78. The molecule has 0 radical (unpaired) electrons. The highest BCUT2D eigenvalue weighted by Crippen LogP contribution is 2.35. The normalized spacial score (nSPS) is 27.6. The van der Waals surface area contributed by atoms with Crippen molar-refractivity contribution >= 4 is 15.9 Å². The van der Waals surface area contributed by atoms with E-state index in [0.717, 1.165) is 36.8 Å². The van der Waals surface area contributed by atoms with Gasteiger partial charge < -0.3 is 0 Å². The van der Waals surface area contributed by atoms with E-state index in [1.54, 1.807) is 0 Å². The van der Waals surface area contributed by atoms with Crippen molar-refractivity contribution < 1.29 is 0 Å². The van der Waals surface area contributed by atoms with E-state index in [2.05, 4.69) is 45.1 Å². The zero-order valence-electron chi connectivity index (χ0n) is 11.2. The molecule has 1 atom stereocenters. The van der Waals surface area contributed by atoms with Crippen molar-refractivity contribution in [1.82, 2.24) is 4.90 Å². The van der Waals surface area contributed by atoms with Crippen molar-refractivity contribution in [2.24, 2.45) is 0 Å². The quantitative estimate of drug-likeness (QED) is 0.789. The number of piperidine rings is 1. The van der Waals surface area contributed by atoms with Crippen molar-refractivity contribution in [2.75, 3.05) is 13.1 Å². The largest absolute Gasteiger partial charge is 0.285 e. The zero-order valence-corrected chi connectivity index (χ0v) is 12.7. The molecule has 1 aliphatic heterocycles. The Labute approximate surface area is 123 Å². The molecule has 2 nitrogen and oxygen atoms in total. The van der Waals surface area contributed by atoms with Crippen LogP contribution in [0.15, 0.2) is 22.7 Å². The third kappa shape index (κ3) is 2.44. The minimum atomic E-state index is -0.249. The second-order valence-corrected chi connectivity index (χ2v) is 6.70. The monoisotopic (exact) mass is 318 g/mol. The number of aryl methyl sites for hydroxylation is 1. The number of fused-ring (bicyclic) bond motifs is 1. The van der Waals surface area contributed by atoms with Crippen LogP contribution in [0.4, 0.5) is 0 Å². The summed E-state index contributed by atoms with van der Waals surface area (Å²) in [4.78, 5) is 2.45. The maximum Gasteiger partial charge on any atom is 0.113 e. The number of nitriles is 1. The number of nitrogens with zero attached hydrogens (tertiary/aromatic N) is 2. The van der Waals surface area contributed by atoms with Crippen LogP contribution in [0.5, 0.6) is 0 Å². The van der Waals surface area contributed by atoms with Crippen LogP contribution in [0, 0.1) is 11.3 Å². The molecule has 0 bridgehead atoms. The van der Waals surface area contributed by atoms with E-state index in [0.29, 0.717) is 0 Å². The summed E-state index contributed by atoms with van der Waals surface area (Å²) in [5.74, 6) is 0. The Bertz CT molecular complexity index is 514. The molecule has 1 aromatic carbocycles. The molecule has 100 valence electrons. The smallest absolute Gasteiger partial charge is 0.113 e. The minimum absolute atomic E-state index is 0.249. The summed E-state index contributed by atoms with van der Waals surface area (Å²) in [6.45, 7) is 2.19. The first-order chi connectivity index (χ1) is 9.23. The molecule has 1 saturated heterocycles. The highest BCUT2D eigenvalue weighted by Gasteiger charge is 2.40. The van der Waals surface area contributed by atoms with Crippen molar-refractivity contribution in [3.63, 3.8) is 0 Å². The van der Waals surface area contributed by atoms with E-state index < -0.39 is 0 Å². The highest BCUT2D eigenvalue weighted by atomic mass is 79.9. The van der Waals surface area contributed by atoms with Gasteiger partial charge in [-0.2, -0.15) is 5.26 Å². The van der Waals surface area contributed by atoms with Crippen LogP contribution in [-0.2, 0) is 12.8 Å². The molecule has 3 rings (SSSR count). The second kappa shape index (κ2) is 5.26. The van der Waals surface area contributed by atoms with E-state index in [9.17, 15) is 5.26 Å². The maximum atomic E-state index is 9.77. The van der Waals surface area contributed by atoms with Crippen LogP contribution in [0.25, 0.3) is 0 Å². The lowest BCUT2D eigenvalue weighted by Crippen LogP contribution is -2.53. The highest BCUT2D eigenvalue weighted by molar-refractivity contribution is 9.10. The fourth-order valence-electron chi connectivity index (χ4n) is 3.50. The number of halogens is 1. The van der Waals surface area contributed by atoms with Crippen LogP contribution >= 0.6 is 15.9 Å². The van der Waals surface area contributed by atoms with Crippen LogP contribution in [0.2, 0.25) is 0 Å². The summed E-state index contributed by atoms with van der Waals surface area (Å²) >= 11 is 3.54. The van der Waals surface area contributed by atoms with Crippen LogP contribution in [0.1, 0.15) is 36.8 Å². The van der Waals surface area contributed by atoms with Crippen LogP contribution in [0.3, 0.4) is 0 Å². The molecular weight excluding hydrogens is 300 g/mol. The molecule has 1 unspecified atom stereocenters.